The van der Waals surface area contributed by atoms with Crippen LogP contribution >= 0.6 is 0 Å². The third-order valence-electron chi connectivity index (χ3n) is 3.10. The maximum atomic E-state index is 11.7. The van der Waals surface area contributed by atoms with Crippen LogP contribution in [-0.4, -0.2) is 28.4 Å². The second-order valence-electron chi connectivity index (χ2n) is 4.50. The number of aryl methyl sites for hydroxylation is 1. The minimum atomic E-state index is -0.451. The molecule has 0 fully saturated rings. The highest BCUT2D eigenvalue weighted by Crippen LogP contribution is 2.17. The van der Waals surface area contributed by atoms with Gasteiger partial charge in [0.05, 0.1) is 18.2 Å². The Labute approximate surface area is 115 Å². The Balaban J connectivity index is 2.14. The van der Waals surface area contributed by atoms with Crippen LogP contribution < -0.4 is 16.4 Å². The maximum absolute atomic E-state index is 11.7. The lowest BCUT2D eigenvalue weighted by Crippen LogP contribution is -2.39. The summed E-state index contributed by atoms with van der Waals surface area (Å²) < 4.78 is 6.43. The van der Waals surface area contributed by atoms with Crippen LogP contribution in [-0.2, 0) is 7.05 Å². The highest BCUT2D eigenvalue weighted by Gasteiger charge is 2.11. The zero-order valence-electron chi connectivity index (χ0n) is 11.3. The molecule has 108 valence electrons. The molecule has 1 aromatic carbocycles. The first-order valence-electron chi connectivity index (χ1n) is 6.33. The van der Waals surface area contributed by atoms with Crippen LogP contribution in [0.25, 0.3) is 11.1 Å². The van der Waals surface area contributed by atoms with Gasteiger partial charge in [-0.05, 0) is 18.6 Å². The number of fused-ring (bicyclic) bond motifs is 1. The van der Waals surface area contributed by atoms with E-state index in [-0.39, 0.29) is 12.6 Å². The van der Waals surface area contributed by atoms with Gasteiger partial charge in [-0.2, -0.15) is 0 Å². The molecule has 2 rings (SSSR count). The fraction of sp³-hybridized carbons (Fsp3) is 0.385. The molecular weight excluding hydrogens is 262 g/mol. The van der Waals surface area contributed by atoms with E-state index in [1.165, 1.54) is 4.57 Å². The van der Waals surface area contributed by atoms with Crippen LogP contribution in [0.2, 0.25) is 0 Å². The average Bonchev–Trinajstić information content (AvgIpc) is 2.71. The van der Waals surface area contributed by atoms with Gasteiger partial charge in [0.25, 0.3) is 0 Å². The molecule has 0 aliphatic heterocycles. The fourth-order valence-electron chi connectivity index (χ4n) is 1.84. The minimum Gasteiger partial charge on any atom is -0.408 e. The largest absolute Gasteiger partial charge is 0.419 e. The van der Waals surface area contributed by atoms with E-state index in [2.05, 4.69) is 10.6 Å². The number of anilines is 1. The summed E-state index contributed by atoms with van der Waals surface area (Å²) in [6.45, 7) is 1.75. The number of nitrogens with one attached hydrogen (secondary N) is 2. The van der Waals surface area contributed by atoms with E-state index in [9.17, 15) is 9.59 Å². The molecule has 1 unspecified atom stereocenters. The third kappa shape index (κ3) is 2.83. The summed E-state index contributed by atoms with van der Waals surface area (Å²) in [4.78, 5) is 23.1. The van der Waals surface area contributed by atoms with Crippen molar-refractivity contribution >= 4 is 22.8 Å². The highest BCUT2D eigenvalue weighted by molar-refractivity contribution is 5.91. The number of hydrogen-bond acceptors (Lipinski definition) is 4. The van der Waals surface area contributed by atoms with Gasteiger partial charge in [-0.3, -0.25) is 4.57 Å². The number of urea groups is 1. The van der Waals surface area contributed by atoms with E-state index < -0.39 is 11.8 Å². The molecule has 1 aromatic heterocycles. The Morgan fingerprint density at radius 1 is 1.50 bits per heavy atom. The number of carbonyl (C=O) groups is 1. The van der Waals surface area contributed by atoms with E-state index in [0.717, 1.165) is 0 Å². The van der Waals surface area contributed by atoms with Gasteiger partial charge in [0.2, 0.25) is 0 Å². The third-order valence-corrected chi connectivity index (χ3v) is 3.10. The van der Waals surface area contributed by atoms with Crippen LogP contribution in [0, 0.1) is 0 Å². The van der Waals surface area contributed by atoms with Crippen molar-refractivity contribution in [3.8, 4) is 0 Å². The number of benzene rings is 1. The molecule has 20 heavy (non-hydrogen) atoms. The Bertz CT molecular complexity index is 670. The van der Waals surface area contributed by atoms with Crippen LogP contribution in [0.3, 0.4) is 0 Å². The minimum absolute atomic E-state index is 0.115. The lowest BCUT2D eigenvalue weighted by molar-refractivity contribution is 0.222. The maximum Gasteiger partial charge on any atom is 0.419 e. The number of nitrogens with zero attached hydrogens (tertiary/aromatic N) is 1. The standard InChI is InChI=1S/C13H17N3O4/c1-3-8(7-17)14-12(18)15-9-4-5-10-11(6-9)20-13(19)16(10)2/h4-6,8,17H,3,7H2,1-2H3,(H2,14,15,18). The van der Waals surface area contributed by atoms with E-state index in [1.54, 1.807) is 25.2 Å². The van der Waals surface area contributed by atoms with E-state index in [0.29, 0.717) is 23.2 Å². The summed E-state index contributed by atoms with van der Waals surface area (Å²) in [6, 6.07) is 4.25. The molecule has 0 aliphatic carbocycles. The molecule has 0 saturated carbocycles. The number of hydrogen-bond donors (Lipinski definition) is 3. The van der Waals surface area contributed by atoms with Gasteiger partial charge in [-0.1, -0.05) is 6.92 Å². The summed E-state index contributed by atoms with van der Waals surface area (Å²) >= 11 is 0. The summed E-state index contributed by atoms with van der Waals surface area (Å²) in [5, 5.41) is 14.3. The number of aliphatic hydroxyl groups is 1. The SMILES string of the molecule is CCC(CO)NC(=O)Nc1ccc2c(c1)oc(=O)n2C. The molecule has 1 heterocycles. The van der Waals surface area contributed by atoms with E-state index >= 15 is 0 Å². The smallest absolute Gasteiger partial charge is 0.408 e. The zero-order valence-corrected chi connectivity index (χ0v) is 11.3. The quantitative estimate of drug-likeness (QED) is 0.778. The van der Waals surface area contributed by atoms with Crippen molar-refractivity contribution in [2.24, 2.45) is 7.05 Å². The van der Waals surface area contributed by atoms with Gasteiger partial charge in [0.15, 0.2) is 5.58 Å². The number of oxazole rings is 1. The molecule has 1 atom stereocenters. The fourth-order valence-corrected chi connectivity index (χ4v) is 1.84. The van der Waals surface area contributed by atoms with Gasteiger partial charge in [0.1, 0.15) is 0 Å². The number of rotatable bonds is 4. The van der Waals surface area contributed by atoms with Gasteiger partial charge in [0, 0.05) is 18.8 Å². The van der Waals surface area contributed by atoms with Crippen molar-refractivity contribution in [1.82, 2.24) is 9.88 Å². The summed E-state index contributed by atoms with van der Waals surface area (Å²) in [5.74, 6) is -0.451. The van der Waals surface area contributed by atoms with Crippen molar-refractivity contribution in [3.63, 3.8) is 0 Å². The molecule has 7 heteroatoms. The monoisotopic (exact) mass is 279 g/mol. The highest BCUT2D eigenvalue weighted by atomic mass is 16.4. The number of aliphatic hydroxyl groups excluding tert-OH is 1. The van der Waals surface area contributed by atoms with Crippen LogP contribution in [0.4, 0.5) is 10.5 Å². The first kappa shape index (κ1) is 14.1. The lowest BCUT2D eigenvalue weighted by Gasteiger charge is -2.14. The van der Waals surface area contributed by atoms with E-state index in [1.807, 2.05) is 6.92 Å². The van der Waals surface area contributed by atoms with E-state index in [4.69, 9.17) is 9.52 Å². The predicted octanol–water partition coefficient (Wildman–Crippen LogP) is 1.02. The topological polar surface area (TPSA) is 96.5 Å². The average molecular weight is 279 g/mol. The molecule has 2 amide bonds. The number of aromatic nitrogens is 1. The first-order valence-corrected chi connectivity index (χ1v) is 6.33. The van der Waals surface area contributed by atoms with Crippen LogP contribution in [0.1, 0.15) is 13.3 Å². The molecule has 0 aliphatic rings. The van der Waals surface area contributed by atoms with Gasteiger partial charge in [-0.15, -0.1) is 0 Å². The first-order chi connectivity index (χ1) is 9.55. The normalized spacial score (nSPS) is 12.3. The summed E-state index contributed by atoms with van der Waals surface area (Å²) in [6.07, 6.45) is 0.635. The van der Waals surface area contributed by atoms with Crippen molar-refractivity contribution in [1.29, 1.82) is 0 Å². The summed E-state index contributed by atoms with van der Waals surface area (Å²) in [5.41, 5.74) is 1.57. The molecule has 0 bridgehead atoms. The van der Waals surface area contributed by atoms with Crippen molar-refractivity contribution < 1.29 is 14.3 Å². The zero-order chi connectivity index (χ0) is 14.7. The second kappa shape index (κ2) is 5.79. The lowest BCUT2D eigenvalue weighted by atomic mass is 10.2. The van der Waals surface area contributed by atoms with Crippen molar-refractivity contribution in [2.45, 2.75) is 19.4 Å². The van der Waals surface area contributed by atoms with Gasteiger partial charge < -0.3 is 20.2 Å². The molecule has 7 nitrogen and oxygen atoms in total. The summed E-state index contributed by atoms with van der Waals surface area (Å²) in [7, 11) is 1.61. The molecular formula is C13H17N3O4. The Morgan fingerprint density at radius 2 is 2.25 bits per heavy atom. The number of amides is 2. The molecule has 0 saturated heterocycles. The number of carbonyl (C=O) groups excluding carboxylic acids is 1. The Morgan fingerprint density at radius 3 is 2.90 bits per heavy atom. The van der Waals surface area contributed by atoms with Crippen LogP contribution in [0.15, 0.2) is 27.4 Å². The molecule has 3 N–H and O–H groups in total. The Hall–Kier alpha value is -2.28. The second-order valence-corrected chi connectivity index (χ2v) is 4.50. The van der Waals surface area contributed by atoms with Crippen LogP contribution in [0.5, 0.6) is 0 Å². The van der Waals surface area contributed by atoms with Crippen molar-refractivity contribution in [3.05, 3.63) is 28.7 Å². The van der Waals surface area contributed by atoms with Gasteiger partial charge >= 0.3 is 11.8 Å². The Kier molecular flexibility index (Phi) is 4.09. The molecule has 2 aromatic rings. The van der Waals surface area contributed by atoms with Gasteiger partial charge in [-0.25, -0.2) is 9.59 Å². The van der Waals surface area contributed by atoms with Crippen molar-refractivity contribution in [2.75, 3.05) is 11.9 Å². The molecule has 0 spiro atoms. The molecule has 0 radical (unpaired) electrons. The predicted molar refractivity (Wildman–Crippen MR) is 74.8 cm³/mol.